The molecule has 1 aromatic heterocycles. The van der Waals surface area contributed by atoms with Crippen LogP contribution in [0.15, 0.2) is 23.2 Å². The van der Waals surface area contributed by atoms with Gasteiger partial charge in [0.25, 0.3) is 0 Å². The van der Waals surface area contributed by atoms with Gasteiger partial charge in [-0.2, -0.15) is 4.31 Å². The highest BCUT2D eigenvalue weighted by molar-refractivity contribution is 7.89. The van der Waals surface area contributed by atoms with Crippen molar-refractivity contribution in [1.82, 2.24) is 9.29 Å². The van der Waals surface area contributed by atoms with Gasteiger partial charge in [-0.3, -0.25) is 0 Å². The highest BCUT2D eigenvalue weighted by atomic mass is 32.2. The van der Waals surface area contributed by atoms with E-state index in [1.165, 1.54) is 22.6 Å². The Morgan fingerprint density at radius 3 is 2.63 bits per heavy atom. The van der Waals surface area contributed by atoms with Crippen molar-refractivity contribution < 1.29 is 13.5 Å². The molecule has 1 saturated heterocycles. The number of nitrogens with zero attached hydrogens (tertiary/aromatic N) is 2. The first-order chi connectivity index (χ1) is 8.85. The highest BCUT2D eigenvalue weighted by Gasteiger charge is 2.34. The Kier molecular flexibility index (Phi) is 3.80. The quantitative estimate of drug-likeness (QED) is 0.852. The van der Waals surface area contributed by atoms with Crippen LogP contribution >= 0.6 is 0 Å². The molecule has 1 aromatic rings. The maximum Gasteiger partial charge on any atom is 0.243 e. The van der Waals surface area contributed by atoms with E-state index in [1.54, 1.807) is 14.0 Å². The number of nitrogens with one attached hydrogen (secondary N) is 1. The number of aromatic nitrogens is 1. The molecule has 1 aliphatic heterocycles. The molecule has 7 heteroatoms. The first kappa shape index (κ1) is 14.2. The lowest BCUT2D eigenvalue weighted by atomic mass is 9.95. The Bertz CT molecular complexity index is 547. The molecule has 0 atom stereocenters. The molecular weight excluding hydrogens is 266 g/mol. The van der Waals surface area contributed by atoms with Crippen LogP contribution in [0.4, 0.5) is 5.82 Å². The molecule has 0 aromatic carbocycles. The predicted molar refractivity (Wildman–Crippen MR) is 72.4 cm³/mol. The molecule has 2 N–H and O–H groups in total. The Morgan fingerprint density at radius 1 is 1.42 bits per heavy atom. The predicted octanol–water partition coefficient (Wildman–Crippen LogP) is 0.659. The molecule has 6 nitrogen and oxygen atoms in total. The Morgan fingerprint density at radius 2 is 2.05 bits per heavy atom. The third-order valence-corrected chi connectivity index (χ3v) is 5.32. The first-order valence-electron chi connectivity index (χ1n) is 6.21. The minimum absolute atomic E-state index is 0.230. The van der Waals surface area contributed by atoms with E-state index < -0.39 is 15.6 Å². The van der Waals surface area contributed by atoms with Gasteiger partial charge in [-0.1, -0.05) is 0 Å². The standard InChI is InChI=1S/C12H19N3O3S/c1-12(16)4-7-15(8-5-12)19(17,18)10-3-6-14-11(9-10)13-2/h3,6,9,16H,4-5,7-8H2,1-2H3,(H,13,14). The number of piperidine rings is 1. The summed E-state index contributed by atoms with van der Waals surface area (Å²) in [7, 11) is -1.81. The SMILES string of the molecule is CNc1cc(S(=O)(=O)N2CCC(C)(O)CC2)ccn1. The molecule has 106 valence electrons. The summed E-state index contributed by atoms with van der Waals surface area (Å²) in [6.07, 6.45) is 2.38. The van der Waals surface area contributed by atoms with Crippen LogP contribution in [0.1, 0.15) is 19.8 Å². The van der Waals surface area contributed by atoms with Crippen LogP contribution < -0.4 is 5.32 Å². The van der Waals surface area contributed by atoms with Gasteiger partial charge in [0, 0.05) is 32.4 Å². The van der Waals surface area contributed by atoms with Gasteiger partial charge in [-0.25, -0.2) is 13.4 Å². The number of anilines is 1. The number of hydrogen-bond acceptors (Lipinski definition) is 5. The van der Waals surface area contributed by atoms with Crippen molar-refractivity contribution in [2.75, 3.05) is 25.5 Å². The van der Waals surface area contributed by atoms with Crippen LogP contribution in [0.5, 0.6) is 0 Å². The Balaban J connectivity index is 2.23. The maximum atomic E-state index is 12.5. The number of aliphatic hydroxyl groups is 1. The van der Waals surface area contributed by atoms with Gasteiger partial charge in [0.05, 0.1) is 10.5 Å². The normalized spacial score (nSPS) is 20.2. The lowest BCUT2D eigenvalue weighted by molar-refractivity contribution is 0.0126. The summed E-state index contributed by atoms with van der Waals surface area (Å²) in [4.78, 5) is 4.24. The minimum atomic E-state index is -3.50. The molecule has 0 amide bonds. The zero-order valence-corrected chi connectivity index (χ0v) is 11.9. The first-order valence-corrected chi connectivity index (χ1v) is 7.65. The fourth-order valence-electron chi connectivity index (χ4n) is 2.07. The van der Waals surface area contributed by atoms with Gasteiger partial charge < -0.3 is 10.4 Å². The molecule has 1 aliphatic rings. The topological polar surface area (TPSA) is 82.5 Å². The summed E-state index contributed by atoms with van der Waals surface area (Å²) in [6.45, 7) is 2.42. The van der Waals surface area contributed by atoms with Gasteiger partial charge in [-0.15, -0.1) is 0 Å². The fraction of sp³-hybridized carbons (Fsp3) is 0.583. The van der Waals surface area contributed by atoms with E-state index >= 15 is 0 Å². The van der Waals surface area contributed by atoms with Crippen LogP contribution in [0.2, 0.25) is 0 Å². The average Bonchev–Trinajstić information content (AvgIpc) is 2.38. The lowest BCUT2D eigenvalue weighted by Gasteiger charge is -2.34. The van der Waals surface area contributed by atoms with E-state index in [1.807, 2.05) is 0 Å². The second-order valence-corrected chi connectivity index (χ2v) is 6.97. The summed E-state index contributed by atoms with van der Waals surface area (Å²) >= 11 is 0. The minimum Gasteiger partial charge on any atom is -0.390 e. The van der Waals surface area contributed by atoms with Crippen molar-refractivity contribution in [1.29, 1.82) is 0 Å². The van der Waals surface area contributed by atoms with Gasteiger partial charge in [-0.05, 0) is 25.8 Å². The second kappa shape index (κ2) is 5.07. The van der Waals surface area contributed by atoms with Gasteiger partial charge in [0.1, 0.15) is 5.82 Å². The molecule has 0 radical (unpaired) electrons. The second-order valence-electron chi connectivity index (χ2n) is 5.03. The summed E-state index contributed by atoms with van der Waals surface area (Å²) in [5.74, 6) is 0.519. The summed E-state index contributed by atoms with van der Waals surface area (Å²) in [5, 5.41) is 12.7. The summed E-state index contributed by atoms with van der Waals surface area (Å²) < 4.78 is 26.3. The molecule has 0 aliphatic carbocycles. The zero-order chi connectivity index (χ0) is 14.1. The monoisotopic (exact) mass is 285 g/mol. The van der Waals surface area contributed by atoms with Crippen LogP contribution in [-0.2, 0) is 10.0 Å². The van der Waals surface area contributed by atoms with Crippen molar-refractivity contribution in [3.05, 3.63) is 18.3 Å². The van der Waals surface area contributed by atoms with Crippen molar-refractivity contribution >= 4 is 15.8 Å². The van der Waals surface area contributed by atoms with Gasteiger partial charge in [0.2, 0.25) is 10.0 Å². The zero-order valence-electron chi connectivity index (χ0n) is 11.1. The van der Waals surface area contributed by atoms with Crippen LogP contribution in [0.25, 0.3) is 0 Å². The molecule has 1 fully saturated rings. The van der Waals surface area contributed by atoms with Crippen molar-refractivity contribution in [3.63, 3.8) is 0 Å². The third-order valence-electron chi connectivity index (χ3n) is 3.42. The number of sulfonamides is 1. The largest absolute Gasteiger partial charge is 0.390 e. The van der Waals surface area contributed by atoms with E-state index in [0.717, 1.165) is 0 Å². The van der Waals surface area contributed by atoms with E-state index in [9.17, 15) is 13.5 Å². The van der Waals surface area contributed by atoms with E-state index in [4.69, 9.17) is 0 Å². The van der Waals surface area contributed by atoms with E-state index in [2.05, 4.69) is 10.3 Å². The molecule has 19 heavy (non-hydrogen) atoms. The summed E-state index contributed by atoms with van der Waals surface area (Å²) in [6, 6.07) is 3.00. The average molecular weight is 285 g/mol. The Hall–Kier alpha value is -1.18. The molecule has 0 spiro atoms. The van der Waals surface area contributed by atoms with Crippen LogP contribution in [-0.4, -0.2) is 48.6 Å². The molecule has 0 bridgehead atoms. The van der Waals surface area contributed by atoms with Crippen LogP contribution in [0, 0.1) is 0 Å². The van der Waals surface area contributed by atoms with Gasteiger partial charge in [0.15, 0.2) is 0 Å². The number of rotatable bonds is 3. The van der Waals surface area contributed by atoms with E-state index in [0.29, 0.717) is 31.7 Å². The Labute approximate surface area is 113 Å². The molecule has 2 rings (SSSR count). The molecule has 0 saturated carbocycles. The van der Waals surface area contributed by atoms with Crippen LogP contribution in [0.3, 0.4) is 0 Å². The molecule has 0 unspecified atom stereocenters. The van der Waals surface area contributed by atoms with Gasteiger partial charge >= 0.3 is 0 Å². The van der Waals surface area contributed by atoms with Crippen molar-refractivity contribution in [3.8, 4) is 0 Å². The molecular formula is C12H19N3O3S. The summed E-state index contributed by atoms with van der Waals surface area (Å²) in [5.41, 5.74) is -0.763. The molecule has 2 heterocycles. The van der Waals surface area contributed by atoms with E-state index in [-0.39, 0.29) is 4.90 Å². The maximum absolute atomic E-state index is 12.5. The smallest absolute Gasteiger partial charge is 0.243 e. The third kappa shape index (κ3) is 3.05. The number of pyridine rings is 1. The van der Waals surface area contributed by atoms with Crippen molar-refractivity contribution in [2.24, 2.45) is 0 Å². The fourth-order valence-corrected chi connectivity index (χ4v) is 3.52. The lowest BCUT2D eigenvalue weighted by Crippen LogP contribution is -2.45. The van der Waals surface area contributed by atoms with Crippen molar-refractivity contribution in [2.45, 2.75) is 30.3 Å². The number of hydrogen-bond donors (Lipinski definition) is 2. The highest BCUT2D eigenvalue weighted by Crippen LogP contribution is 2.26.